The summed E-state index contributed by atoms with van der Waals surface area (Å²) in [5.74, 6) is -0.435. The Hall–Kier alpha value is -0.440. The van der Waals surface area contributed by atoms with Crippen LogP contribution in [0.4, 0.5) is 4.39 Å². The molecule has 1 nitrogen and oxygen atoms in total. The zero-order valence-electron chi connectivity index (χ0n) is 5.78. The van der Waals surface area contributed by atoms with Crippen LogP contribution in [0, 0.1) is 19.8 Å². The van der Waals surface area contributed by atoms with Crippen molar-refractivity contribution in [1.82, 2.24) is 4.98 Å². The molecular weight excluding hydrogens is 197 g/mol. The van der Waals surface area contributed by atoms with Gasteiger partial charge in [0, 0.05) is 16.2 Å². The van der Waals surface area contributed by atoms with Gasteiger partial charge in [0.1, 0.15) is 0 Å². The highest BCUT2D eigenvalue weighted by molar-refractivity contribution is 9.10. The van der Waals surface area contributed by atoms with Gasteiger partial charge >= 0.3 is 0 Å². The molecule has 54 valence electrons. The van der Waals surface area contributed by atoms with Crippen LogP contribution in [0.2, 0.25) is 0 Å². The first-order valence-corrected chi connectivity index (χ1v) is 3.70. The number of hydrogen-bond donors (Lipinski definition) is 0. The van der Waals surface area contributed by atoms with Crippen molar-refractivity contribution in [1.29, 1.82) is 0 Å². The second-order valence-corrected chi connectivity index (χ2v) is 2.99. The molecule has 0 aromatic carbocycles. The van der Waals surface area contributed by atoms with Crippen LogP contribution in [-0.2, 0) is 0 Å². The first kappa shape index (κ1) is 7.66. The van der Waals surface area contributed by atoms with Crippen LogP contribution in [0.1, 0.15) is 11.3 Å². The van der Waals surface area contributed by atoms with Crippen LogP contribution in [0.5, 0.6) is 0 Å². The molecule has 1 aromatic rings. The summed E-state index contributed by atoms with van der Waals surface area (Å²) in [4.78, 5) is 3.64. The van der Waals surface area contributed by atoms with Gasteiger partial charge in [0.2, 0.25) is 5.95 Å². The minimum Gasteiger partial charge on any atom is -0.225 e. The average molecular weight is 204 g/mol. The second-order valence-electron chi connectivity index (χ2n) is 2.14. The standard InChI is InChI=1S/C7H7BrFN/c1-4-5(2)10-7(9)3-6(4)8/h3H,1-2H3. The van der Waals surface area contributed by atoms with Crippen molar-refractivity contribution in [2.75, 3.05) is 0 Å². The average Bonchev–Trinajstić information content (AvgIpc) is 1.82. The molecule has 0 saturated heterocycles. The Bertz CT molecular complexity index is 237. The summed E-state index contributed by atoms with van der Waals surface area (Å²) in [6.07, 6.45) is 0. The number of aryl methyl sites for hydroxylation is 1. The van der Waals surface area contributed by atoms with Gasteiger partial charge in [-0.3, -0.25) is 0 Å². The third-order valence-corrected chi connectivity index (χ3v) is 2.24. The number of halogens is 2. The summed E-state index contributed by atoms with van der Waals surface area (Å²) >= 11 is 3.22. The van der Waals surface area contributed by atoms with E-state index in [1.165, 1.54) is 6.07 Å². The van der Waals surface area contributed by atoms with Crippen LogP contribution in [0.25, 0.3) is 0 Å². The van der Waals surface area contributed by atoms with E-state index in [0.717, 1.165) is 15.7 Å². The van der Waals surface area contributed by atoms with Crippen molar-refractivity contribution >= 4 is 15.9 Å². The fourth-order valence-electron chi connectivity index (χ4n) is 0.662. The summed E-state index contributed by atoms with van der Waals surface area (Å²) in [6, 6.07) is 1.36. The highest BCUT2D eigenvalue weighted by atomic mass is 79.9. The van der Waals surface area contributed by atoms with Crippen molar-refractivity contribution in [3.8, 4) is 0 Å². The lowest BCUT2D eigenvalue weighted by molar-refractivity contribution is 0.578. The van der Waals surface area contributed by atoms with Crippen LogP contribution in [-0.4, -0.2) is 4.98 Å². The maximum atomic E-state index is 12.5. The highest BCUT2D eigenvalue weighted by Gasteiger charge is 2.01. The van der Waals surface area contributed by atoms with Gasteiger partial charge in [-0.05, 0) is 19.4 Å². The topological polar surface area (TPSA) is 12.9 Å². The van der Waals surface area contributed by atoms with Crippen molar-refractivity contribution in [2.45, 2.75) is 13.8 Å². The monoisotopic (exact) mass is 203 g/mol. The molecular formula is C7H7BrFN. The van der Waals surface area contributed by atoms with Gasteiger partial charge < -0.3 is 0 Å². The number of rotatable bonds is 0. The molecule has 3 heteroatoms. The van der Waals surface area contributed by atoms with Gasteiger partial charge in [0.15, 0.2) is 0 Å². The molecule has 1 aromatic heterocycles. The Morgan fingerprint density at radius 1 is 1.50 bits per heavy atom. The lowest BCUT2D eigenvalue weighted by Crippen LogP contribution is -1.91. The minimum absolute atomic E-state index is 0.435. The Morgan fingerprint density at radius 2 is 2.10 bits per heavy atom. The van der Waals surface area contributed by atoms with E-state index in [9.17, 15) is 4.39 Å². The van der Waals surface area contributed by atoms with Crippen molar-refractivity contribution < 1.29 is 4.39 Å². The predicted octanol–water partition coefficient (Wildman–Crippen LogP) is 2.60. The quantitative estimate of drug-likeness (QED) is 0.592. The molecule has 0 fully saturated rings. The van der Waals surface area contributed by atoms with Gasteiger partial charge in [-0.2, -0.15) is 4.39 Å². The van der Waals surface area contributed by atoms with E-state index in [2.05, 4.69) is 20.9 Å². The molecule has 10 heavy (non-hydrogen) atoms. The molecule has 0 radical (unpaired) electrons. The molecule has 0 aliphatic carbocycles. The Morgan fingerprint density at radius 3 is 2.60 bits per heavy atom. The molecule has 0 unspecified atom stereocenters. The zero-order chi connectivity index (χ0) is 7.72. The lowest BCUT2D eigenvalue weighted by Gasteiger charge is -2.00. The first-order chi connectivity index (χ1) is 4.61. The summed E-state index contributed by atoms with van der Waals surface area (Å²) in [6.45, 7) is 3.68. The fraction of sp³-hybridized carbons (Fsp3) is 0.286. The molecule has 0 spiro atoms. The molecule has 0 aliphatic rings. The van der Waals surface area contributed by atoms with Crippen LogP contribution in [0.3, 0.4) is 0 Å². The smallest absolute Gasteiger partial charge is 0.214 e. The van der Waals surface area contributed by atoms with Crippen LogP contribution < -0.4 is 0 Å². The van der Waals surface area contributed by atoms with Crippen molar-refractivity contribution in [2.24, 2.45) is 0 Å². The highest BCUT2D eigenvalue weighted by Crippen LogP contribution is 2.17. The number of aromatic nitrogens is 1. The molecule has 0 aliphatic heterocycles. The van der Waals surface area contributed by atoms with Gasteiger partial charge in [0.05, 0.1) is 0 Å². The Balaban J connectivity index is 3.31. The first-order valence-electron chi connectivity index (χ1n) is 2.90. The zero-order valence-corrected chi connectivity index (χ0v) is 7.37. The molecule has 1 rings (SSSR count). The normalized spacial score (nSPS) is 10.0. The van der Waals surface area contributed by atoms with Crippen molar-refractivity contribution in [3.05, 3.63) is 27.7 Å². The van der Waals surface area contributed by atoms with Gasteiger partial charge in [-0.15, -0.1) is 0 Å². The molecule has 0 amide bonds. The largest absolute Gasteiger partial charge is 0.225 e. The van der Waals surface area contributed by atoms with Gasteiger partial charge in [-0.25, -0.2) is 4.98 Å². The van der Waals surface area contributed by atoms with Gasteiger partial charge in [0.25, 0.3) is 0 Å². The summed E-state index contributed by atoms with van der Waals surface area (Å²) < 4.78 is 13.2. The third-order valence-electron chi connectivity index (χ3n) is 1.42. The third kappa shape index (κ3) is 1.34. The minimum atomic E-state index is -0.435. The molecule has 0 bridgehead atoms. The number of pyridine rings is 1. The van der Waals surface area contributed by atoms with E-state index >= 15 is 0 Å². The maximum Gasteiger partial charge on any atom is 0.214 e. The Labute approximate surface area is 67.4 Å². The number of hydrogen-bond acceptors (Lipinski definition) is 1. The predicted molar refractivity (Wildman–Crippen MR) is 41.4 cm³/mol. The fourth-order valence-corrected chi connectivity index (χ4v) is 1.14. The Kier molecular flexibility index (Phi) is 2.04. The van der Waals surface area contributed by atoms with E-state index in [4.69, 9.17) is 0 Å². The van der Waals surface area contributed by atoms with E-state index in [-0.39, 0.29) is 0 Å². The SMILES string of the molecule is Cc1nc(F)cc(Br)c1C. The summed E-state index contributed by atoms with van der Waals surface area (Å²) in [5.41, 5.74) is 1.72. The number of nitrogens with zero attached hydrogens (tertiary/aromatic N) is 1. The molecule has 1 heterocycles. The van der Waals surface area contributed by atoms with Gasteiger partial charge in [-0.1, -0.05) is 15.9 Å². The maximum absolute atomic E-state index is 12.5. The lowest BCUT2D eigenvalue weighted by atomic mass is 10.2. The van der Waals surface area contributed by atoms with Crippen LogP contribution in [0.15, 0.2) is 10.5 Å². The second kappa shape index (κ2) is 2.66. The molecule has 0 N–H and O–H groups in total. The summed E-state index contributed by atoms with van der Waals surface area (Å²) in [5, 5.41) is 0. The van der Waals surface area contributed by atoms with E-state index in [1.807, 2.05) is 6.92 Å². The molecule has 0 atom stereocenters. The summed E-state index contributed by atoms with van der Waals surface area (Å²) in [7, 11) is 0. The van der Waals surface area contributed by atoms with E-state index < -0.39 is 5.95 Å². The molecule has 0 saturated carbocycles. The van der Waals surface area contributed by atoms with Crippen LogP contribution >= 0.6 is 15.9 Å². The van der Waals surface area contributed by atoms with E-state index in [1.54, 1.807) is 6.92 Å². The van der Waals surface area contributed by atoms with E-state index in [0.29, 0.717) is 0 Å². The van der Waals surface area contributed by atoms with Crippen molar-refractivity contribution in [3.63, 3.8) is 0 Å².